The van der Waals surface area contributed by atoms with E-state index in [2.05, 4.69) is 5.32 Å². The van der Waals surface area contributed by atoms with Gasteiger partial charge in [0, 0.05) is 6.42 Å². The van der Waals surface area contributed by atoms with Crippen molar-refractivity contribution in [1.29, 1.82) is 0 Å². The maximum atomic E-state index is 11.9. The lowest BCUT2D eigenvalue weighted by Crippen LogP contribution is -2.32. The highest BCUT2D eigenvalue weighted by molar-refractivity contribution is 5.80. The fourth-order valence-electron chi connectivity index (χ4n) is 4.19. The van der Waals surface area contributed by atoms with Gasteiger partial charge in [0.25, 0.3) is 5.91 Å². The molecule has 0 aromatic heterocycles. The molecule has 3 atom stereocenters. The summed E-state index contributed by atoms with van der Waals surface area (Å²) in [4.78, 5) is 23.7. The Morgan fingerprint density at radius 1 is 1.15 bits per heavy atom. The van der Waals surface area contributed by atoms with E-state index < -0.39 is 0 Å². The van der Waals surface area contributed by atoms with Crippen LogP contribution in [0.15, 0.2) is 24.3 Å². The Kier molecular flexibility index (Phi) is 6.36. The molecule has 26 heavy (non-hydrogen) atoms. The molecule has 3 rings (SSSR count). The monoisotopic (exact) mass is 361 g/mol. The summed E-state index contributed by atoms with van der Waals surface area (Å²) in [5, 5.41) is 2.68. The Balaban J connectivity index is 1.27. The molecular formula is C20H27NO5. The van der Waals surface area contributed by atoms with Gasteiger partial charge in [-0.25, -0.2) is 0 Å². The zero-order valence-electron chi connectivity index (χ0n) is 15.2. The van der Waals surface area contributed by atoms with Gasteiger partial charge in [0.15, 0.2) is 18.1 Å². The minimum atomic E-state index is -0.310. The molecule has 0 aliphatic heterocycles. The van der Waals surface area contributed by atoms with E-state index in [4.69, 9.17) is 14.2 Å². The number of rotatable bonds is 9. The Bertz CT molecular complexity index is 632. The van der Waals surface area contributed by atoms with Crippen molar-refractivity contribution in [3.63, 3.8) is 0 Å². The Hall–Kier alpha value is -2.24. The maximum absolute atomic E-state index is 11.9. The van der Waals surface area contributed by atoms with Crippen LogP contribution in [0.2, 0.25) is 0 Å². The second-order valence-corrected chi connectivity index (χ2v) is 7.15. The molecule has 0 spiro atoms. The zero-order chi connectivity index (χ0) is 18.4. The van der Waals surface area contributed by atoms with Gasteiger partial charge in [-0.3, -0.25) is 9.59 Å². The Morgan fingerprint density at radius 2 is 1.96 bits per heavy atom. The van der Waals surface area contributed by atoms with Gasteiger partial charge in [0.05, 0.1) is 13.7 Å². The summed E-state index contributed by atoms with van der Waals surface area (Å²) in [7, 11) is 1.58. The van der Waals surface area contributed by atoms with Gasteiger partial charge >= 0.3 is 5.97 Å². The molecular weight excluding hydrogens is 334 g/mol. The van der Waals surface area contributed by atoms with Crippen LogP contribution in [0.5, 0.6) is 11.5 Å². The van der Waals surface area contributed by atoms with Crippen LogP contribution in [0.1, 0.15) is 32.1 Å². The van der Waals surface area contributed by atoms with E-state index in [9.17, 15) is 9.59 Å². The number of fused-ring (bicyclic) bond motifs is 2. The van der Waals surface area contributed by atoms with Gasteiger partial charge < -0.3 is 19.5 Å². The summed E-state index contributed by atoms with van der Waals surface area (Å²) < 4.78 is 15.9. The normalized spacial score (nSPS) is 23.5. The largest absolute Gasteiger partial charge is 0.493 e. The molecule has 0 saturated heterocycles. The average molecular weight is 361 g/mol. The number of amides is 1. The summed E-state index contributed by atoms with van der Waals surface area (Å²) >= 11 is 0. The summed E-state index contributed by atoms with van der Waals surface area (Å²) in [5.41, 5.74) is 0. The molecule has 2 aliphatic rings. The van der Waals surface area contributed by atoms with Crippen LogP contribution in [0, 0.1) is 17.8 Å². The lowest BCUT2D eigenvalue weighted by Gasteiger charge is -2.20. The maximum Gasteiger partial charge on any atom is 0.306 e. The van der Waals surface area contributed by atoms with E-state index in [0.717, 1.165) is 12.3 Å². The molecule has 2 fully saturated rings. The van der Waals surface area contributed by atoms with Gasteiger partial charge in [-0.2, -0.15) is 0 Å². The highest BCUT2D eigenvalue weighted by Gasteiger charge is 2.40. The van der Waals surface area contributed by atoms with Crippen molar-refractivity contribution in [3.8, 4) is 11.5 Å². The number of hydrogen-bond acceptors (Lipinski definition) is 5. The van der Waals surface area contributed by atoms with Crippen LogP contribution < -0.4 is 14.8 Å². The van der Waals surface area contributed by atoms with Crippen molar-refractivity contribution in [1.82, 2.24) is 5.32 Å². The van der Waals surface area contributed by atoms with Crippen LogP contribution >= 0.6 is 0 Å². The SMILES string of the molecule is COc1ccccc1OCCNC(=O)COC(=O)C[C@@H]1C[C@H]2CC[C@@H]1C2. The number of para-hydroxylation sites is 2. The number of carbonyl (C=O) groups excluding carboxylic acids is 2. The molecule has 2 bridgehead atoms. The van der Waals surface area contributed by atoms with Crippen molar-refractivity contribution < 1.29 is 23.8 Å². The number of esters is 1. The summed E-state index contributed by atoms with van der Waals surface area (Å²) in [6.45, 7) is 0.417. The number of methoxy groups -OCH3 is 1. The van der Waals surface area contributed by atoms with Crippen molar-refractivity contribution in [2.75, 3.05) is 26.9 Å². The zero-order valence-corrected chi connectivity index (χ0v) is 15.2. The van der Waals surface area contributed by atoms with Crippen molar-refractivity contribution in [2.24, 2.45) is 17.8 Å². The summed E-state index contributed by atoms with van der Waals surface area (Å²) in [6.07, 6.45) is 5.42. The van der Waals surface area contributed by atoms with Crippen LogP contribution in [0.25, 0.3) is 0 Å². The molecule has 0 heterocycles. The van der Waals surface area contributed by atoms with E-state index >= 15 is 0 Å². The minimum Gasteiger partial charge on any atom is -0.493 e. The first kappa shape index (κ1) is 18.5. The van der Waals surface area contributed by atoms with Crippen LogP contribution in [0.3, 0.4) is 0 Å². The van der Waals surface area contributed by atoms with Gasteiger partial charge in [-0.1, -0.05) is 18.6 Å². The van der Waals surface area contributed by atoms with Gasteiger partial charge in [-0.05, 0) is 49.1 Å². The van der Waals surface area contributed by atoms with Crippen LogP contribution in [-0.2, 0) is 14.3 Å². The fourth-order valence-corrected chi connectivity index (χ4v) is 4.19. The average Bonchev–Trinajstić information content (AvgIpc) is 3.27. The number of benzene rings is 1. The summed E-state index contributed by atoms with van der Waals surface area (Å²) in [6, 6.07) is 7.33. The van der Waals surface area contributed by atoms with E-state index in [-0.39, 0.29) is 18.5 Å². The van der Waals surface area contributed by atoms with Crippen LogP contribution in [-0.4, -0.2) is 38.7 Å². The Morgan fingerprint density at radius 3 is 2.65 bits per heavy atom. The Labute approximate surface area is 154 Å². The first-order valence-corrected chi connectivity index (χ1v) is 9.34. The third-order valence-electron chi connectivity index (χ3n) is 5.43. The third-order valence-corrected chi connectivity index (χ3v) is 5.43. The highest BCUT2D eigenvalue weighted by atomic mass is 16.5. The molecule has 6 nitrogen and oxygen atoms in total. The molecule has 142 valence electrons. The highest BCUT2D eigenvalue weighted by Crippen LogP contribution is 2.49. The molecule has 1 N–H and O–H groups in total. The smallest absolute Gasteiger partial charge is 0.306 e. The first-order chi connectivity index (χ1) is 12.7. The predicted octanol–water partition coefficient (Wildman–Crippen LogP) is 2.56. The molecule has 0 unspecified atom stereocenters. The number of nitrogens with one attached hydrogen (secondary N) is 1. The van der Waals surface area contributed by atoms with E-state index in [0.29, 0.717) is 42.9 Å². The van der Waals surface area contributed by atoms with Crippen molar-refractivity contribution >= 4 is 11.9 Å². The minimum absolute atomic E-state index is 0.228. The lowest BCUT2D eigenvalue weighted by molar-refractivity contribution is -0.149. The molecule has 6 heteroatoms. The predicted molar refractivity (Wildman–Crippen MR) is 96.0 cm³/mol. The molecule has 1 aromatic rings. The third kappa shape index (κ3) is 4.90. The number of hydrogen-bond donors (Lipinski definition) is 1. The lowest BCUT2D eigenvalue weighted by atomic mass is 9.86. The van der Waals surface area contributed by atoms with Gasteiger partial charge in [0.1, 0.15) is 6.61 Å². The van der Waals surface area contributed by atoms with E-state index in [1.165, 1.54) is 19.3 Å². The van der Waals surface area contributed by atoms with E-state index in [1.807, 2.05) is 18.2 Å². The standard InChI is InChI=1S/C20H27NO5/c1-24-17-4-2-3-5-18(17)25-9-8-21-19(22)13-26-20(23)12-16-11-14-6-7-15(16)10-14/h2-5,14-16H,6-13H2,1H3,(H,21,22)/t14-,15+,16-/m0/s1. The van der Waals surface area contributed by atoms with Crippen molar-refractivity contribution in [3.05, 3.63) is 24.3 Å². The summed E-state index contributed by atoms with van der Waals surface area (Å²) in [5.74, 6) is 2.66. The quantitative estimate of drug-likeness (QED) is 0.540. The molecule has 1 aromatic carbocycles. The molecule has 2 aliphatic carbocycles. The molecule has 1 amide bonds. The molecule has 0 radical (unpaired) electrons. The number of ether oxygens (including phenoxy) is 3. The van der Waals surface area contributed by atoms with Crippen LogP contribution in [0.4, 0.5) is 0 Å². The van der Waals surface area contributed by atoms with Gasteiger partial charge in [-0.15, -0.1) is 0 Å². The fraction of sp³-hybridized carbons (Fsp3) is 0.600. The van der Waals surface area contributed by atoms with E-state index in [1.54, 1.807) is 13.2 Å². The topological polar surface area (TPSA) is 73.9 Å². The van der Waals surface area contributed by atoms with Crippen molar-refractivity contribution in [2.45, 2.75) is 32.1 Å². The second-order valence-electron chi connectivity index (χ2n) is 7.15. The first-order valence-electron chi connectivity index (χ1n) is 9.34. The van der Waals surface area contributed by atoms with Gasteiger partial charge in [0.2, 0.25) is 0 Å². The number of carbonyl (C=O) groups is 2. The second kappa shape index (κ2) is 8.92. The molecule has 2 saturated carbocycles.